The number of amides is 1. The Bertz CT molecular complexity index is 989. The predicted molar refractivity (Wildman–Crippen MR) is 102 cm³/mol. The normalized spacial score (nSPS) is 10.2. The van der Waals surface area contributed by atoms with E-state index in [2.05, 4.69) is 10.3 Å². The number of nitro groups is 1. The fourth-order valence-corrected chi connectivity index (χ4v) is 2.44. The largest absolute Gasteiger partial charge is 0.497 e. The number of carbonyl (C=O) groups excluding carboxylic acids is 1. The maximum atomic E-state index is 12.6. The highest BCUT2D eigenvalue weighted by molar-refractivity contribution is 5.96. The van der Waals surface area contributed by atoms with Gasteiger partial charge in [-0.05, 0) is 35.9 Å². The van der Waals surface area contributed by atoms with Gasteiger partial charge in [0, 0.05) is 18.8 Å². The third-order valence-electron chi connectivity index (χ3n) is 3.87. The minimum atomic E-state index is -0.520. The molecule has 8 heteroatoms. The molecule has 28 heavy (non-hydrogen) atoms. The third kappa shape index (κ3) is 4.61. The summed E-state index contributed by atoms with van der Waals surface area (Å²) in [6, 6.07) is 16.2. The van der Waals surface area contributed by atoms with E-state index in [1.807, 2.05) is 24.3 Å². The van der Waals surface area contributed by atoms with Gasteiger partial charge in [-0.2, -0.15) is 0 Å². The van der Waals surface area contributed by atoms with Crippen LogP contribution in [-0.4, -0.2) is 22.9 Å². The van der Waals surface area contributed by atoms with E-state index in [9.17, 15) is 14.9 Å². The van der Waals surface area contributed by atoms with Gasteiger partial charge in [0.25, 0.3) is 11.6 Å². The van der Waals surface area contributed by atoms with Crippen molar-refractivity contribution < 1.29 is 19.2 Å². The molecule has 2 aromatic carbocycles. The first kappa shape index (κ1) is 18.8. The first-order valence-corrected chi connectivity index (χ1v) is 8.35. The summed E-state index contributed by atoms with van der Waals surface area (Å²) in [4.78, 5) is 27.0. The van der Waals surface area contributed by atoms with E-state index in [0.29, 0.717) is 6.54 Å². The molecule has 8 nitrogen and oxygen atoms in total. The molecule has 0 aliphatic heterocycles. The summed E-state index contributed by atoms with van der Waals surface area (Å²) < 4.78 is 10.7. The number of hydrogen-bond acceptors (Lipinski definition) is 6. The molecule has 0 atom stereocenters. The van der Waals surface area contributed by atoms with Gasteiger partial charge in [-0.3, -0.25) is 14.9 Å². The fraction of sp³-hybridized carbons (Fsp3) is 0.100. The van der Waals surface area contributed by atoms with Crippen LogP contribution in [0.1, 0.15) is 15.9 Å². The van der Waals surface area contributed by atoms with Crippen LogP contribution in [0.3, 0.4) is 0 Å². The minimum Gasteiger partial charge on any atom is -0.497 e. The highest BCUT2D eigenvalue weighted by atomic mass is 16.6. The third-order valence-corrected chi connectivity index (χ3v) is 3.87. The summed E-state index contributed by atoms with van der Waals surface area (Å²) in [5.74, 6) is 0.645. The van der Waals surface area contributed by atoms with Crippen molar-refractivity contribution in [2.75, 3.05) is 7.11 Å². The van der Waals surface area contributed by atoms with Gasteiger partial charge >= 0.3 is 0 Å². The van der Waals surface area contributed by atoms with Crippen molar-refractivity contribution >= 4 is 11.6 Å². The van der Waals surface area contributed by atoms with Crippen molar-refractivity contribution in [3.05, 3.63) is 88.1 Å². The van der Waals surface area contributed by atoms with E-state index in [4.69, 9.17) is 9.47 Å². The molecule has 0 spiro atoms. The zero-order chi connectivity index (χ0) is 19.9. The van der Waals surface area contributed by atoms with Crippen LogP contribution >= 0.6 is 0 Å². The molecule has 1 aromatic heterocycles. The van der Waals surface area contributed by atoms with Crippen molar-refractivity contribution in [2.45, 2.75) is 6.54 Å². The van der Waals surface area contributed by atoms with Crippen LogP contribution < -0.4 is 14.8 Å². The number of aromatic nitrogens is 1. The molecule has 0 fully saturated rings. The average Bonchev–Trinajstić information content (AvgIpc) is 2.73. The zero-order valence-corrected chi connectivity index (χ0v) is 15.0. The lowest BCUT2D eigenvalue weighted by molar-refractivity contribution is -0.384. The molecule has 3 rings (SSSR count). The molecule has 0 unspecified atom stereocenters. The Morgan fingerprint density at radius 1 is 1.11 bits per heavy atom. The number of carbonyl (C=O) groups is 1. The maximum absolute atomic E-state index is 12.6. The molecule has 0 bridgehead atoms. The smallest absolute Gasteiger partial charge is 0.273 e. The van der Waals surface area contributed by atoms with Crippen molar-refractivity contribution in [3.63, 3.8) is 0 Å². The topological polar surface area (TPSA) is 104 Å². The molecule has 0 saturated heterocycles. The lowest BCUT2D eigenvalue weighted by Gasteiger charge is -2.10. The van der Waals surface area contributed by atoms with Crippen LogP contribution in [0.5, 0.6) is 17.4 Å². The van der Waals surface area contributed by atoms with Crippen LogP contribution in [0, 0.1) is 10.1 Å². The SMILES string of the molecule is COc1ccc(CNC(=O)c2cccnc2Oc2cccc([N+](=O)[O-])c2)cc1. The van der Waals surface area contributed by atoms with Crippen molar-refractivity contribution in [3.8, 4) is 17.4 Å². The summed E-state index contributed by atoms with van der Waals surface area (Å²) in [5, 5.41) is 13.7. The highest BCUT2D eigenvalue weighted by Gasteiger charge is 2.15. The fourth-order valence-electron chi connectivity index (χ4n) is 2.44. The number of pyridine rings is 1. The number of rotatable bonds is 7. The zero-order valence-electron chi connectivity index (χ0n) is 15.0. The number of nitrogens with zero attached hydrogens (tertiary/aromatic N) is 2. The summed E-state index contributed by atoms with van der Waals surface area (Å²) in [6.45, 7) is 0.313. The van der Waals surface area contributed by atoms with Crippen molar-refractivity contribution in [2.24, 2.45) is 0 Å². The number of nitro benzene ring substituents is 1. The van der Waals surface area contributed by atoms with Crippen LogP contribution in [-0.2, 0) is 6.54 Å². The van der Waals surface area contributed by atoms with E-state index in [1.54, 1.807) is 25.3 Å². The quantitative estimate of drug-likeness (QED) is 0.496. The average molecular weight is 379 g/mol. The number of benzene rings is 2. The Morgan fingerprint density at radius 2 is 1.89 bits per heavy atom. The Kier molecular flexibility index (Phi) is 5.81. The second-order valence-electron chi connectivity index (χ2n) is 5.74. The van der Waals surface area contributed by atoms with Crippen molar-refractivity contribution in [1.29, 1.82) is 0 Å². The van der Waals surface area contributed by atoms with Crippen LogP contribution in [0.2, 0.25) is 0 Å². The molecule has 142 valence electrons. The Morgan fingerprint density at radius 3 is 2.61 bits per heavy atom. The lowest BCUT2D eigenvalue weighted by Crippen LogP contribution is -2.23. The molecule has 0 saturated carbocycles. The number of nitrogens with one attached hydrogen (secondary N) is 1. The molecule has 1 N–H and O–H groups in total. The Hall–Kier alpha value is -3.94. The number of hydrogen-bond donors (Lipinski definition) is 1. The molecule has 0 aliphatic carbocycles. The van der Waals surface area contributed by atoms with E-state index in [0.717, 1.165) is 11.3 Å². The lowest BCUT2D eigenvalue weighted by atomic mass is 10.2. The number of ether oxygens (including phenoxy) is 2. The molecule has 0 aliphatic rings. The van der Waals surface area contributed by atoms with Gasteiger partial charge in [0.2, 0.25) is 5.88 Å². The van der Waals surface area contributed by atoms with E-state index < -0.39 is 4.92 Å². The summed E-state index contributed by atoms with van der Waals surface area (Å²) >= 11 is 0. The molecule has 3 aromatic rings. The van der Waals surface area contributed by atoms with Crippen LogP contribution in [0.4, 0.5) is 5.69 Å². The Balaban J connectivity index is 1.72. The van der Waals surface area contributed by atoms with E-state index in [1.165, 1.54) is 24.4 Å². The molecule has 1 amide bonds. The van der Waals surface area contributed by atoms with E-state index in [-0.39, 0.29) is 28.8 Å². The van der Waals surface area contributed by atoms with Crippen molar-refractivity contribution in [1.82, 2.24) is 10.3 Å². The predicted octanol–water partition coefficient (Wildman–Crippen LogP) is 3.72. The van der Waals surface area contributed by atoms with Gasteiger partial charge in [0.1, 0.15) is 17.1 Å². The molecule has 0 radical (unpaired) electrons. The summed E-state index contributed by atoms with van der Waals surface area (Å²) in [5.41, 5.74) is 1.01. The van der Waals surface area contributed by atoms with Gasteiger partial charge in [0.05, 0.1) is 18.1 Å². The Labute approximate surface area is 160 Å². The summed E-state index contributed by atoms with van der Waals surface area (Å²) in [7, 11) is 1.59. The van der Waals surface area contributed by atoms with Crippen LogP contribution in [0.15, 0.2) is 66.9 Å². The van der Waals surface area contributed by atoms with Gasteiger partial charge in [0.15, 0.2) is 0 Å². The monoisotopic (exact) mass is 379 g/mol. The minimum absolute atomic E-state index is 0.0650. The van der Waals surface area contributed by atoms with E-state index >= 15 is 0 Å². The summed E-state index contributed by atoms with van der Waals surface area (Å²) in [6.07, 6.45) is 1.48. The molecular formula is C20H17N3O5. The first-order valence-electron chi connectivity index (χ1n) is 8.35. The van der Waals surface area contributed by atoms with Crippen LogP contribution in [0.25, 0.3) is 0 Å². The highest BCUT2D eigenvalue weighted by Crippen LogP contribution is 2.26. The standard InChI is InChI=1S/C20H17N3O5/c1-27-16-9-7-14(8-10-16)13-22-19(24)18-6-3-11-21-20(18)28-17-5-2-4-15(12-17)23(25)26/h2-12H,13H2,1H3,(H,22,24). The first-order chi connectivity index (χ1) is 13.6. The van der Waals surface area contributed by atoms with Gasteiger partial charge in [-0.1, -0.05) is 18.2 Å². The maximum Gasteiger partial charge on any atom is 0.273 e. The molecular weight excluding hydrogens is 362 g/mol. The number of methoxy groups -OCH3 is 1. The number of non-ortho nitro benzene ring substituents is 1. The molecule has 1 heterocycles. The second-order valence-corrected chi connectivity index (χ2v) is 5.74. The van der Waals surface area contributed by atoms with Gasteiger partial charge in [-0.25, -0.2) is 4.98 Å². The second kappa shape index (κ2) is 8.63. The van der Waals surface area contributed by atoms with Gasteiger partial charge in [-0.15, -0.1) is 0 Å². The van der Waals surface area contributed by atoms with Gasteiger partial charge < -0.3 is 14.8 Å².